The van der Waals surface area contributed by atoms with Gasteiger partial charge >= 0.3 is 0 Å². The van der Waals surface area contributed by atoms with Crippen molar-refractivity contribution in [2.75, 3.05) is 0 Å². The van der Waals surface area contributed by atoms with E-state index in [9.17, 15) is 4.79 Å². The van der Waals surface area contributed by atoms with Crippen molar-refractivity contribution in [2.24, 2.45) is 7.05 Å². The van der Waals surface area contributed by atoms with Gasteiger partial charge in [-0.2, -0.15) is 5.10 Å². The Balaban J connectivity index is 2.85. The van der Waals surface area contributed by atoms with Crippen LogP contribution < -0.4 is 4.72 Å². The summed E-state index contributed by atoms with van der Waals surface area (Å²) < 4.78 is 3.75. The third-order valence-corrected chi connectivity index (χ3v) is 1.27. The molecule has 0 unspecified atom stereocenters. The second-order valence-corrected chi connectivity index (χ2v) is 2.07. The molecule has 1 rings (SSSR count). The molecule has 1 amide bonds. The standard InChI is InChI=1S/C5H7N3OS/c1-8-3-4(2-6-8)5(9)7-10/h2-3,10H,1H3,(H,7,9). The van der Waals surface area contributed by atoms with Crippen molar-refractivity contribution in [3.63, 3.8) is 0 Å². The molecule has 0 saturated heterocycles. The average molecular weight is 157 g/mol. The van der Waals surface area contributed by atoms with E-state index in [-0.39, 0.29) is 5.91 Å². The molecule has 4 nitrogen and oxygen atoms in total. The second-order valence-electron chi connectivity index (χ2n) is 1.84. The number of rotatable bonds is 1. The molecular formula is C5H7N3OS. The topological polar surface area (TPSA) is 46.9 Å². The Morgan fingerprint density at radius 2 is 2.60 bits per heavy atom. The van der Waals surface area contributed by atoms with E-state index in [1.54, 1.807) is 17.9 Å². The highest BCUT2D eigenvalue weighted by Gasteiger charge is 2.03. The Labute approximate surface area is 63.8 Å². The third kappa shape index (κ3) is 1.30. The number of aromatic nitrogens is 2. The Morgan fingerprint density at radius 1 is 1.90 bits per heavy atom. The molecule has 0 bridgehead atoms. The SMILES string of the molecule is Cn1cc(C(=O)NS)cn1. The molecule has 5 heteroatoms. The van der Waals surface area contributed by atoms with E-state index in [0.717, 1.165) is 0 Å². The highest BCUT2D eigenvalue weighted by Crippen LogP contribution is 1.94. The number of amides is 1. The lowest BCUT2D eigenvalue weighted by Crippen LogP contribution is -2.11. The van der Waals surface area contributed by atoms with Crippen LogP contribution in [0.15, 0.2) is 12.4 Å². The summed E-state index contributed by atoms with van der Waals surface area (Å²) in [5, 5.41) is 3.81. The average Bonchev–Trinajstić information content (AvgIpc) is 2.34. The summed E-state index contributed by atoms with van der Waals surface area (Å²) in [6.45, 7) is 0. The van der Waals surface area contributed by atoms with Crippen LogP contribution in [0.1, 0.15) is 10.4 Å². The Kier molecular flexibility index (Phi) is 1.96. The van der Waals surface area contributed by atoms with E-state index in [0.29, 0.717) is 5.56 Å². The molecule has 10 heavy (non-hydrogen) atoms. The van der Waals surface area contributed by atoms with Gasteiger partial charge in [-0.05, 0) is 0 Å². The first-order chi connectivity index (χ1) is 4.74. The van der Waals surface area contributed by atoms with Gasteiger partial charge in [0.15, 0.2) is 0 Å². The number of hydrogen-bond donors (Lipinski definition) is 2. The van der Waals surface area contributed by atoms with Crippen molar-refractivity contribution in [3.8, 4) is 0 Å². The molecule has 0 fully saturated rings. The van der Waals surface area contributed by atoms with Crippen molar-refractivity contribution in [3.05, 3.63) is 18.0 Å². The fraction of sp³-hybridized carbons (Fsp3) is 0.200. The quantitative estimate of drug-likeness (QED) is 0.563. The number of aryl methyl sites for hydroxylation is 1. The van der Waals surface area contributed by atoms with E-state index >= 15 is 0 Å². The van der Waals surface area contributed by atoms with Crippen LogP contribution in [0, 0.1) is 0 Å². The van der Waals surface area contributed by atoms with E-state index < -0.39 is 0 Å². The molecule has 1 heterocycles. The molecule has 1 aromatic heterocycles. The van der Waals surface area contributed by atoms with Gasteiger partial charge in [0, 0.05) is 13.2 Å². The monoisotopic (exact) mass is 157 g/mol. The molecule has 0 saturated carbocycles. The summed E-state index contributed by atoms with van der Waals surface area (Å²) in [6.07, 6.45) is 3.09. The number of carbonyl (C=O) groups is 1. The molecule has 1 N–H and O–H groups in total. The molecule has 0 atom stereocenters. The predicted octanol–water partition coefficient (Wildman–Crippen LogP) is -0.00530. The van der Waals surface area contributed by atoms with Crippen molar-refractivity contribution in [1.82, 2.24) is 14.5 Å². The fourth-order valence-electron chi connectivity index (χ4n) is 0.603. The van der Waals surface area contributed by atoms with Gasteiger partial charge in [-0.3, -0.25) is 14.2 Å². The maximum atomic E-state index is 10.8. The summed E-state index contributed by atoms with van der Waals surface area (Å²) in [7, 11) is 1.75. The van der Waals surface area contributed by atoms with Crippen molar-refractivity contribution < 1.29 is 4.79 Å². The Bertz CT molecular complexity index is 245. The van der Waals surface area contributed by atoms with Crippen LogP contribution in [-0.2, 0) is 7.05 Å². The number of hydrogen-bond acceptors (Lipinski definition) is 3. The first-order valence-electron chi connectivity index (χ1n) is 2.67. The van der Waals surface area contributed by atoms with Gasteiger partial charge in [0.25, 0.3) is 5.91 Å². The molecular weight excluding hydrogens is 150 g/mol. The van der Waals surface area contributed by atoms with Gasteiger partial charge < -0.3 is 0 Å². The zero-order valence-corrected chi connectivity index (χ0v) is 6.30. The zero-order valence-electron chi connectivity index (χ0n) is 5.40. The first kappa shape index (κ1) is 7.14. The Hall–Kier alpha value is -0.970. The van der Waals surface area contributed by atoms with E-state index in [4.69, 9.17) is 0 Å². The van der Waals surface area contributed by atoms with Crippen LogP contribution in [0.4, 0.5) is 0 Å². The number of thiol groups is 1. The molecule has 0 aliphatic carbocycles. The van der Waals surface area contributed by atoms with Crippen LogP contribution in [-0.4, -0.2) is 15.7 Å². The van der Waals surface area contributed by atoms with Crippen molar-refractivity contribution in [1.29, 1.82) is 0 Å². The van der Waals surface area contributed by atoms with Crippen LogP contribution in [0.25, 0.3) is 0 Å². The van der Waals surface area contributed by atoms with Gasteiger partial charge in [0.1, 0.15) is 0 Å². The normalized spacial score (nSPS) is 9.40. The fourth-order valence-corrected chi connectivity index (χ4v) is 0.732. The lowest BCUT2D eigenvalue weighted by molar-refractivity contribution is 0.0985. The van der Waals surface area contributed by atoms with Crippen LogP contribution in [0.5, 0.6) is 0 Å². The van der Waals surface area contributed by atoms with Gasteiger partial charge in [0.2, 0.25) is 0 Å². The molecule has 0 radical (unpaired) electrons. The summed E-state index contributed by atoms with van der Waals surface area (Å²) in [4.78, 5) is 10.8. The van der Waals surface area contributed by atoms with Gasteiger partial charge in [-0.15, -0.1) is 0 Å². The smallest absolute Gasteiger partial charge is 0.264 e. The van der Waals surface area contributed by atoms with Crippen molar-refractivity contribution in [2.45, 2.75) is 0 Å². The number of carbonyl (C=O) groups excluding carboxylic acids is 1. The van der Waals surface area contributed by atoms with Crippen LogP contribution in [0.3, 0.4) is 0 Å². The van der Waals surface area contributed by atoms with Gasteiger partial charge in [-0.25, -0.2) is 0 Å². The molecule has 0 aromatic carbocycles. The predicted molar refractivity (Wildman–Crippen MR) is 39.7 cm³/mol. The first-order valence-corrected chi connectivity index (χ1v) is 3.12. The van der Waals surface area contributed by atoms with E-state index in [1.165, 1.54) is 6.20 Å². The minimum Gasteiger partial charge on any atom is -0.299 e. The summed E-state index contributed by atoms with van der Waals surface area (Å²) >= 11 is 3.60. The highest BCUT2D eigenvalue weighted by molar-refractivity contribution is 7.78. The second kappa shape index (κ2) is 2.74. The van der Waals surface area contributed by atoms with Gasteiger partial charge in [0.05, 0.1) is 11.8 Å². The molecule has 54 valence electrons. The van der Waals surface area contributed by atoms with Crippen LogP contribution in [0.2, 0.25) is 0 Å². The summed E-state index contributed by atoms with van der Waals surface area (Å²) in [6, 6.07) is 0. The maximum absolute atomic E-state index is 10.8. The number of nitrogens with one attached hydrogen (secondary N) is 1. The minimum absolute atomic E-state index is 0.239. The summed E-state index contributed by atoms with van der Waals surface area (Å²) in [5.74, 6) is -0.239. The van der Waals surface area contributed by atoms with E-state index in [1.807, 2.05) is 0 Å². The zero-order chi connectivity index (χ0) is 7.56. The highest BCUT2D eigenvalue weighted by atomic mass is 32.1. The molecule has 1 aromatic rings. The van der Waals surface area contributed by atoms with E-state index in [2.05, 4.69) is 22.6 Å². The third-order valence-electron chi connectivity index (χ3n) is 1.07. The van der Waals surface area contributed by atoms with Gasteiger partial charge in [-0.1, -0.05) is 12.8 Å². The maximum Gasteiger partial charge on any atom is 0.264 e. The minimum atomic E-state index is -0.239. The van der Waals surface area contributed by atoms with Crippen LogP contribution >= 0.6 is 12.8 Å². The molecule has 0 spiro atoms. The number of nitrogens with zero attached hydrogens (tertiary/aromatic N) is 2. The Morgan fingerprint density at radius 3 is 3.00 bits per heavy atom. The lowest BCUT2D eigenvalue weighted by atomic mass is 10.4. The molecule has 0 aliphatic rings. The molecule has 0 aliphatic heterocycles. The lowest BCUT2D eigenvalue weighted by Gasteiger charge is -1.89. The largest absolute Gasteiger partial charge is 0.299 e. The van der Waals surface area contributed by atoms with Crippen molar-refractivity contribution >= 4 is 18.7 Å². The summed E-state index contributed by atoms with van der Waals surface area (Å²) in [5.41, 5.74) is 0.512.